The summed E-state index contributed by atoms with van der Waals surface area (Å²) in [7, 11) is 0. The third-order valence-corrected chi connectivity index (χ3v) is 4.20. The van der Waals surface area contributed by atoms with Gasteiger partial charge in [0.25, 0.3) is 0 Å². The number of thiol groups is 1. The Balaban J connectivity index is -0.00000112. The molecule has 0 atom stereocenters. The Labute approximate surface area is 167 Å². The first kappa shape index (κ1) is 21.7. The molecule has 98 valence electrons. The van der Waals surface area contributed by atoms with Gasteiger partial charge in [0.05, 0.1) is 0 Å². The number of hydrogen-bond acceptors (Lipinski definition) is 2. The second-order valence-electron chi connectivity index (χ2n) is 4.30. The summed E-state index contributed by atoms with van der Waals surface area (Å²) in [6, 6.07) is 0. The summed E-state index contributed by atoms with van der Waals surface area (Å²) in [5.74, 6) is 1.15. The molecule has 17 heavy (non-hydrogen) atoms. The van der Waals surface area contributed by atoms with Crippen LogP contribution in [-0.2, 0) is 0 Å². The molecule has 0 N–H and O–H groups in total. The second kappa shape index (κ2) is 18.4. The predicted molar refractivity (Wildman–Crippen MR) is 87.0 cm³/mol. The molecule has 0 aromatic heterocycles. The fourth-order valence-electron chi connectivity index (χ4n) is 1.75. The molecule has 0 aliphatic carbocycles. The summed E-state index contributed by atoms with van der Waals surface area (Å²) in [4.78, 5) is 0. The summed E-state index contributed by atoms with van der Waals surface area (Å²) in [5.41, 5.74) is 0. The number of unbranched alkanes of at least 4 members (excludes halogenated alkanes) is 9. The van der Waals surface area contributed by atoms with Crippen molar-refractivity contribution in [2.75, 3.05) is 5.75 Å². The fourth-order valence-corrected chi connectivity index (χ4v) is 2.80. The van der Waals surface area contributed by atoms with Gasteiger partial charge in [-0.2, -0.15) is 0 Å². The van der Waals surface area contributed by atoms with E-state index in [1.807, 2.05) is 0 Å². The number of hydrogen-bond donors (Lipinski definition) is 1. The fraction of sp³-hybridized carbons (Fsp3) is 0.923. The molecule has 0 aromatic rings. The molecule has 0 aliphatic rings. The van der Waals surface area contributed by atoms with E-state index < -0.39 is 0 Å². The zero-order valence-corrected chi connectivity index (χ0v) is 17.2. The van der Waals surface area contributed by atoms with Crippen molar-refractivity contribution in [1.82, 2.24) is 0 Å². The first-order valence-corrected chi connectivity index (χ1v) is 8.47. The molecule has 0 fully saturated rings. The molecule has 0 saturated carbocycles. The van der Waals surface area contributed by atoms with Gasteiger partial charge in [0.2, 0.25) is 0 Å². The van der Waals surface area contributed by atoms with Crippen LogP contribution in [0.25, 0.3) is 0 Å². The van der Waals surface area contributed by atoms with Gasteiger partial charge in [-0.1, -0.05) is 76.9 Å². The average molecular weight is 319 g/mol. The van der Waals surface area contributed by atoms with Crippen molar-refractivity contribution in [2.24, 2.45) is 0 Å². The summed E-state index contributed by atoms with van der Waals surface area (Å²) >= 11 is 10.7. The molecule has 0 amide bonds. The van der Waals surface area contributed by atoms with Crippen molar-refractivity contribution in [2.45, 2.75) is 71.1 Å². The topological polar surface area (TPSA) is 0 Å². The largest absolute Gasteiger partial charge is 1.00 e. The Morgan fingerprint density at radius 2 is 1.35 bits per heavy atom. The van der Waals surface area contributed by atoms with Crippen LogP contribution in [0.3, 0.4) is 0 Å². The molecule has 0 aliphatic heterocycles. The zero-order chi connectivity index (χ0) is 12.1. The first-order valence-electron chi connectivity index (χ1n) is 6.63. The molecule has 4 heteroatoms. The van der Waals surface area contributed by atoms with E-state index >= 15 is 0 Å². The number of thiocarbonyl (C=S) groups is 1. The van der Waals surface area contributed by atoms with Gasteiger partial charge in [0, 0.05) is 0 Å². The maximum atomic E-state index is 4.89. The van der Waals surface area contributed by atoms with Crippen LogP contribution in [0.15, 0.2) is 0 Å². The maximum Gasteiger partial charge on any atom is 1.00 e. The van der Waals surface area contributed by atoms with Crippen LogP contribution in [0.4, 0.5) is 0 Å². The Bertz CT molecular complexity index is 168. The van der Waals surface area contributed by atoms with E-state index in [0.29, 0.717) is 0 Å². The average Bonchev–Trinajstić information content (AvgIpc) is 2.25. The standard InChI is InChI=1S/C13H26S3.K.H/c1-2-3-4-5-6-7-8-9-10-11-12-16-13(14)15;;/h2-12H2,1H3,(H,14,15);;/q;+1;-1. The maximum absolute atomic E-state index is 4.89. The molecule has 0 radical (unpaired) electrons. The van der Waals surface area contributed by atoms with Crippen LogP contribution in [0.1, 0.15) is 72.6 Å². The first-order chi connectivity index (χ1) is 7.77. The van der Waals surface area contributed by atoms with Crippen LogP contribution < -0.4 is 51.4 Å². The molecule has 0 unspecified atom stereocenters. The smallest absolute Gasteiger partial charge is 1.00 e. The van der Waals surface area contributed by atoms with Crippen LogP contribution in [-0.4, -0.2) is 9.28 Å². The minimum Gasteiger partial charge on any atom is -1.00 e. The SMILES string of the molecule is CCCCCCCCCCCCSC(=S)S.[H-].[K+]. The van der Waals surface area contributed by atoms with Crippen molar-refractivity contribution in [3.8, 4) is 0 Å². The molecule has 0 rings (SSSR count). The zero-order valence-electron chi connectivity index (χ0n) is 12.5. The quantitative estimate of drug-likeness (QED) is 0.269. The van der Waals surface area contributed by atoms with E-state index in [9.17, 15) is 0 Å². The van der Waals surface area contributed by atoms with Crippen LogP contribution in [0.5, 0.6) is 0 Å². The van der Waals surface area contributed by atoms with Gasteiger partial charge in [-0.3, -0.25) is 0 Å². The van der Waals surface area contributed by atoms with E-state index in [-0.39, 0.29) is 52.8 Å². The van der Waals surface area contributed by atoms with Crippen molar-refractivity contribution < 1.29 is 52.8 Å². The van der Waals surface area contributed by atoms with Gasteiger partial charge < -0.3 is 1.43 Å². The van der Waals surface area contributed by atoms with Crippen molar-refractivity contribution in [3.63, 3.8) is 0 Å². The van der Waals surface area contributed by atoms with Gasteiger partial charge >= 0.3 is 51.4 Å². The van der Waals surface area contributed by atoms with Crippen molar-refractivity contribution in [1.29, 1.82) is 0 Å². The summed E-state index contributed by atoms with van der Waals surface area (Å²) < 4.78 is 0.788. The van der Waals surface area contributed by atoms with Gasteiger partial charge in [-0.15, -0.1) is 24.4 Å². The molecular formula is C13H27KS3. The van der Waals surface area contributed by atoms with Crippen LogP contribution in [0.2, 0.25) is 0 Å². The minimum atomic E-state index is 0. The Morgan fingerprint density at radius 3 is 1.76 bits per heavy atom. The van der Waals surface area contributed by atoms with E-state index in [1.54, 1.807) is 11.8 Å². The second-order valence-corrected chi connectivity index (χ2v) is 7.12. The Morgan fingerprint density at radius 1 is 0.941 bits per heavy atom. The third kappa shape index (κ3) is 20.9. The molecule has 0 heterocycles. The predicted octanol–water partition coefficient (Wildman–Crippen LogP) is 2.97. The molecule has 0 saturated heterocycles. The van der Waals surface area contributed by atoms with Crippen molar-refractivity contribution in [3.05, 3.63) is 0 Å². The molecular weight excluding hydrogens is 291 g/mol. The van der Waals surface area contributed by atoms with Crippen molar-refractivity contribution >= 4 is 40.1 Å². The number of rotatable bonds is 11. The summed E-state index contributed by atoms with van der Waals surface area (Å²) in [5, 5.41) is 0. The molecule has 0 spiro atoms. The third-order valence-electron chi connectivity index (χ3n) is 2.72. The Kier molecular flexibility index (Phi) is 23.5. The summed E-state index contributed by atoms with van der Waals surface area (Å²) in [6.07, 6.45) is 14.0. The molecule has 0 aromatic carbocycles. The Hall–Kier alpha value is 2.43. The van der Waals surface area contributed by atoms with Gasteiger partial charge in [0.1, 0.15) is 3.53 Å². The monoisotopic (exact) mass is 318 g/mol. The molecule has 0 bridgehead atoms. The van der Waals surface area contributed by atoms with Gasteiger partial charge in [-0.25, -0.2) is 0 Å². The molecule has 0 nitrogen and oxygen atoms in total. The summed E-state index contributed by atoms with van der Waals surface area (Å²) in [6.45, 7) is 2.27. The minimum absolute atomic E-state index is 0. The van der Waals surface area contributed by atoms with Gasteiger partial charge in [-0.05, 0) is 12.2 Å². The normalized spacial score (nSPS) is 10.0. The van der Waals surface area contributed by atoms with Gasteiger partial charge in [0.15, 0.2) is 0 Å². The van der Waals surface area contributed by atoms with Crippen LogP contribution >= 0.6 is 36.6 Å². The number of thioether (sulfide) groups is 1. The van der Waals surface area contributed by atoms with Crippen LogP contribution in [0, 0.1) is 0 Å². The van der Waals surface area contributed by atoms with E-state index in [4.69, 9.17) is 12.2 Å². The van der Waals surface area contributed by atoms with E-state index in [2.05, 4.69) is 19.6 Å². The van der Waals surface area contributed by atoms with E-state index in [0.717, 1.165) is 9.28 Å². The van der Waals surface area contributed by atoms with E-state index in [1.165, 1.54) is 64.2 Å².